The van der Waals surface area contributed by atoms with Crippen molar-refractivity contribution < 1.29 is 50.1 Å². The number of benzene rings is 4. The van der Waals surface area contributed by atoms with Gasteiger partial charge in [0.2, 0.25) is 0 Å². The summed E-state index contributed by atoms with van der Waals surface area (Å²) in [6.45, 7) is 21.6. The van der Waals surface area contributed by atoms with Gasteiger partial charge in [0.1, 0.15) is 0 Å². The van der Waals surface area contributed by atoms with E-state index in [1.165, 1.54) is 12.1 Å². The third-order valence-electron chi connectivity index (χ3n) is 11.7. The van der Waals surface area contributed by atoms with Gasteiger partial charge in [-0.25, -0.2) is 0 Å². The van der Waals surface area contributed by atoms with Crippen LogP contribution in [-0.4, -0.2) is 40.5 Å². The summed E-state index contributed by atoms with van der Waals surface area (Å²) in [4.78, 5) is 9.58. The fourth-order valence-corrected chi connectivity index (χ4v) is 12.8. The van der Waals surface area contributed by atoms with Crippen molar-refractivity contribution in [3.8, 4) is 11.5 Å². The first-order chi connectivity index (χ1) is 29.7. The van der Waals surface area contributed by atoms with Gasteiger partial charge in [0.15, 0.2) is 0 Å². The Kier molecular flexibility index (Phi) is 13.7. The summed E-state index contributed by atoms with van der Waals surface area (Å²) in [7, 11) is 14.5. The van der Waals surface area contributed by atoms with E-state index in [0.717, 1.165) is 0 Å². The molecule has 2 atom stereocenters. The first-order valence-corrected chi connectivity index (χ1v) is 30.6. The molecule has 0 saturated heterocycles. The topological polar surface area (TPSA) is 43.2 Å². The molecule has 1 heterocycles. The maximum absolute atomic E-state index is 16.4. The van der Waals surface area contributed by atoms with Gasteiger partial charge in [0.25, 0.3) is 0 Å². The van der Waals surface area contributed by atoms with E-state index >= 15 is 35.1 Å². The summed E-state index contributed by atoms with van der Waals surface area (Å²) in [5.41, 5.74) is -6.65. The van der Waals surface area contributed by atoms with Gasteiger partial charge in [0.05, 0.1) is 0 Å². The monoisotopic (exact) mass is 1070 g/mol. The Labute approximate surface area is 385 Å². The van der Waals surface area contributed by atoms with E-state index in [1.54, 1.807) is 53.7 Å². The van der Waals surface area contributed by atoms with Gasteiger partial charge in [-0.2, -0.15) is 0 Å². The van der Waals surface area contributed by atoms with Crippen LogP contribution in [0.2, 0.25) is 0 Å². The number of halogens is 12. The molecule has 0 N–H and O–H groups in total. The average Bonchev–Trinajstić information content (AvgIpc) is 3.19. The van der Waals surface area contributed by atoms with Crippen molar-refractivity contribution in [2.45, 2.75) is 143 Å². The third-order valence-corrected chi connectivity index (χ3v) is 16.2. The molecule has 4 aromatic carbocycles. The van der Waals surface area contributed by atoms with Gasteiger partial charge in [0, 0.05) is 0 Å². The van der Waals surface area contributed by atoms with E-state index in [4.69, 9.17) is 34.0 Å². The SMILES string of the molecule is CC(C)(C)c1cc2c(c(C(C)(C)C)c1)[O][Sn]([Cl])([Cl])[O]c1c(cc(C(C)(C)C)cc1C(C)(C)C)C(c1c(F)c(F)c(F)c(F)c1F)=N[C@@H]1CCCC[C@H]1N=C2c1c(F)c(F)c(F)c(F)c1F. The zero-order valence-electron chi connectivity index (χ0n) is 38.0. The standard InChI is InChI=1S/C48H52F10N2O2.2ClH.Sn/c1-45(2,3)21-17-23(43(61)25(19-21)47(7,8)9)41(29-31(49)35(53)39(57)36(54)32(29)50)59-27-15-13-14-16-28(27)60-42(30-33(51)37(55)40(58)38(56)34(30)52)24-18-22(46(4,5)6)20-26(44(24)62)48(10,11)12;;;/h17-20,27-28,61-62H,13-16H2,1-12H3;2*1H;/q;;;+4/p-4/t27-,28-;;;/m1.../s1. The Morgan fingerprint density at radius 3 is 0.985 bits per heavy atom. The molecule has 1 saturated carbocycles. The van der Waals surface area contributed by atoms with Crippen molar-refractivity contribution in [2.24, 2.45) is 9.98 Å². The molecule has 4 aromatic rings. The Bertz CT molecular complexity index is 2420. The Morgan fingerprint density at radius 2 is 0.723 bits per heavy atom. The van der Waals surface area contributed by atoms with Gasteiger partial charge >= 0.3 is 387 Å². The van der Waals surface area contributed by atoms with Crippen LogP contribution >= 0.6 is 17.8 Å². The van der Waals surface area contributed by atoms with Crippen molar-refractivity contribution >= 4 is 46.2 Å². The molecule has 4 nitrogen and oxygen atoms in total. The predicted molar refractivity (Wildman–Crippen MR) is 236 cm³/mol. The second-order valence-corrected chi connectivity index (χ2v) is 32.5. The molecule has 0 radical (unpaired) electrons. The number of aliphatic imine (C=N–C) groups is 2. The van der Waals surface area contributed by atoms with Crippen molar-refractivity contribution in [1.29, 1.82) is 0 Å². The van der Waals surface area contributed by atoms with Crippen molar-refractivity contribution in [3.05, 3.63) is 127 Å². The molecule has 0 bridgehead atoms. The molecule has 1 fully saturated rings. The summed E-state index contributed by atoms with van der Waals surface area (Å²) in [6, 6.07) is 3.77. The molecular formula is C48H50Cl2F10N2O2Sn. The molecule has 1 aliphatic heterocycles. The van der Waals surface area contributed by atoms with Gasteiger partial charge in [-0.1, -0.05) is 0 Å². The van der Waals surface area contributed by atoms with Crippen LogP contribution in [0.5, 0.6) is 11.5 Å². The van der Waals surface area contributed by atoms with Crippen LogP contribution in [0.4, 0.5) is 43.9 Å². The first kappa shape index (κ1) is 50.9. The Hall–Kier alpha value is -3.50. The Balaban J connectivity index is 1.92. The number of hydrogen-bond donors (Lipinski definition) is 0. The normalized spacial score (nSPS) is 18.5. The van der Waals surface area contributed by atoms with Crippen LogP contribution in [0.15, 0.2) is 34.3 Å². The summed E-state index contributed by atoms with van der Waals surface area (Å²) in [6.07, 6.45) is 0.773. The molecular weight excluding hydrogens is 1020 g/mol. The minimum absolute atomic E-state index is 0.0194. The van der Waals surface area contributed by atoms with Crippen LogP contribution in [0, 0.1) is 58.2 Å². The Morgan fingerprint density at radius 1 is 0.446 bits per heavy atom. The third kappa shape index (κ3) is 9.78. The number of fused-ring (bicyclic) bond motifs is 3. The maximum atomic E-state index is 16.4. The average molecular weight is 1070 g/mol. The van der Waals surface area contributed by atoms with E-state index in [0.29, 0.717) is 35.1 Å². The number of nitrogens with zero attached hydrogens (tertiary/aromatic N) is 2. The molecule has 65 heavy (non-hydrogen) atoms. The fraction of sp³-hybridized carbons (Fsp3) is 0.458. The van der Waals surface area contributed by atoms with Crippen molar-refractivity contribution in [3.63, 3.8) is 0 Å². The van der Waals surface area contributed by atoms with Crippen LogP contribution < -0.4 is 6.15 Å². The van der Waals surface area contributed by atoms with Gasteiger partial charge in [-0.15, -0.1) is 0 Å². The summed E-state index contributed by atoms with van der Waals surface area (Å²) in [5, 5.41) is 0. The summed E-state index contributed by atoms with van der Waals surface area (Å²) < 4.78 is 170. The molecule has 0 aromatic heterocycles. The van der Waals surface area contributed by atoms with Gasteiger partial charge < -0.3 is 0 Å². The van der Waals surface area contributed by atoms with Gasteiger partial charge in [-0.05, 0) is 0 Å². The molecule has 0 spiro atoms. The van der Waals surface area contributed by atoms with Crippen molar-refractivity contribution in [1.82, 2.24) is 0 Å². The zero-order valence-corrected chi connectivity index (χ0v) is 42.4. The predicted octanol–water partition coefficient (Wildman–Crippen LogP) is 14.6. The number of hydrogen-bond acceptors (Lipinski definition) is 4. The zero-order chi connectivity index (χ0) is 48.8. The fourth-order valence-electron chi connectivity index (χ4n) is 7.96. The van der Waals surface area contributed by atoms with Crippen LogP contribution in [0.3, 0.4) is 0 Å². The molecule has 1 aliphatic carbocycles. The molecule has 0 amide bonds. The number of rotatable bonds is 2. The van der Waals surface area contributed by atoms with E-state index < -0.39 is 131 Å². The summed E-state index contributed by atoms with van der Waals surface area (Å²) in [5.74, 6) is -23.4. The molecule has 352 valence electrons. The van der Waals surface area contributed by atoms with Gasteiger partial charge in [-0.3, -0.25) is 0 Å². The van der Waals surface area contributed by atoms with Crippen LogP contribution in [0.1, 0.15) is 153 Å². The summed E-state index contributed by atoms with van der Waals surface area (Å²) >= 11 is -6.04. The second-order valence-electron chi connectivity index (χ2n) is 20.7. The first-order valence-electron chi connectivity index (χ1n) is 21.0. The molecule has 6 rings (SSSR count). The minimum atomic E-state index is -6.04. The van der Waals surface area contributed by atoms with E-state index in [2.05, 4.69) is 0 Å². The quantitative estimate of drug-likeness (QED) is 0.0869. The molecule has 2 aliphatic rings. The van der Waals surface area contributed by atoms with Crippen LogP contribution in [-0.2, 0) is 21.7 Å². The second kappa shape index (κ2) is 17.5. The van der Waals surface area contributed by atoms with Crippen molar-refractivity contribution in [2.75, 3.05) is 0 Å². The van der Waals surface area contributed by atoms with E-state index in [9.17, 15) is 8.78 Å². The van der Waals surface area contributed by atoms with E-state index in [1.807, 2.05) is 41.5 Å². The molecule has 17 heteroatoms. The molecule has 0 unspecified atom stereocenters. The van der Waals surface area contributed by atoms with E-state index in [-0.39, 0.29) is 35.5 Å². The van der Waals surface area contributed by atoms with Crippen LogP contribution in [0.25, 0.3) is 0 Å².